The van der Waals surface area contributed by atoms with Crippen LogP contribution in [0.4, 0.5) is 0 Å². The molecule has 0 unspecified atom stereocenters. The van der Waals surface area contributed by atoms with Gasteiger partial charge in [0.05, 0.1) is 23.3 Å². The van der Waals surface area contributed by atoms with Crippen molar-refractivity contribution < 1.29 is 22.7 Å². The van der Waals surface area contributed by atoms with Gasteiger partial charge in [-0.3, -0.25) is 9.59 Å². The smallest absolute Gasteiger partial charge is 0.243 e. The number of ether oxygens (including phenoxy) is 1. The molecular weight excluding hydrogens is 418 g/mol. The number of piperidine rings is 2. The number of rotatable bonds is 7. The lowest BCUT2D eigenvalue weighted by molar-refractivity contribution is -0.143. The fourth-order valence-electron chi connectivity index (χ4n) is 4.39. The molecule has 0 N–H and O–H groups in total. The Morgan fingerprint density at radius 2 is 1.74 bits per heavy atom. The summed E-state index contributed by atoms with van der Waals surface area (Å²) in [4.78, 5) is 29.6. The van der Waals surface area contributed by atoms with Crippen LogP contribution in [-0.4, -0.2) is 87.8 Å². The zero-order valence-corrected chi connectivity index (χ0v) is 19.2. The number of sulfonamides is 1. The standard InChI is InChI=1S/C22H33N3O5S/c1-23(14-15-30-2)21(26)18-8-6-12-24(16-18)22(27)19-9-7-13-25(17-19)31(28,29)20-10-4-3-5-11-20/h3-5,10-11,18-19H,6-9,12-17H2,1-2H3/t18-,19-/m0/s1. The number of likely N-dealkylation sites (tertiary alicyclic amines) is 1. The number of hydrogen-bond donors (Lipinski definition) is 0. The lowest BCUT2D eigenvalue weighted by Gasteiger charge is -2.38. The first-order valence-corrected chi connectivity index (χ1v) is 12.4. The SMILES string of the molecule is COCCN(C)C(=O)[C@H]1CCCN(C(=O)[C@H]2CCCN(S(=O)(=O)c3ccccc3)C2)C1. The minimum atomic E-state index is -3.61. The number of nitrogens with zero attached hydrogens (tertiary/aromatic N) is 3. The molecule has 0 aromatic heterocycles. The molecule has 0 spiro atoms. The number of likely N-dealkylation sites (N-methyl/N-ethyl adjacent to an activating group) is 1. The molecule has 0 bridgehead atoms. The molecule has 0 radical (unpaired) electrons. The quantitative estimate of drug-likeness (QED) is 0.626. The fraction of sp³-hybridized carbons (Fsp3) is 0.636. The molecule has 1 aromatic rings. The number of hydrogen-bond acceptors (Lipinski definition) is 5. The molecule has 2 heterocycles. The van der Waals surface area contributed by atoms with E-state index in [1.54, 1.807) is 54.3 Å². The van der Waals surface area contributed by atoms with Gasteiger partial charge in [0.25, 0.3) is 0 Å². The van der Waals surface area contributed by atoms with Crippen molar-refractivity contribution in [1.82, 2.24) is 14.1 Å². The number of methoxy groups -OCH3 is 1. The zero-order chi connectivity index (χ0) is 22.4. The van der Waals surface area contributed by atoms with Crippen molar-refractivity contribution in [3.05, 3.63) is 30.3 Å². The minimum Gasteiger partial charge on any atom is -0.383 e. The molecule has 2 aliphatic heterocycles. The van der Waals surface area contributed by atoms with Gasteiger partial charge in [-0.25, -0.2) is 8.42 Å². The monoisotopic (exact) mass is 451 g/mol. The van der Waals surface area contributed by atoms with Gasteiger partial charge >= 0.3 is 0 Å². The fourth-order valence-corrected chi connectivity index (χ4v) is 5.94. The Hall–Kier alpha value is -1.97. The third-order valence-electron chi connectivity index (χ3n) is 6.20. The van der Waals surface area contributed by atoms with E-state index in [-0.39, 0.29) is 35.1 Å². The first kappa shape index (κ1) is 23.7. The lowest BCUT2D eigenvalue weighted by Crippen LogP contribution is -2.51. The van der Waals surface area contributed by atoms with Crippen LogP contribution in [0.15, 0.2) is 35.2 Å². The van der Waals surface area contributed by atoms with Crippen molar-refractivity contribution in [3.63, 3.8) is 0 Å². The van der Waals surface area contributed by atoms with E-state index in [9.17, 15) is 18.0 Å². The molecule has 172 valence electrons. The summed E-state index contributed by atoms with van der Waals surface area (Å²) in [6.45, 7) is 2.63. The maximum Gasteiger partial charge on any atom is 0.243 e. The zero-order valence-electron chi connectivity index (χ0n) is 18.4. The predicted molar refractivity (Wildman–Crippen MR) is 117 cm³/mol. The van der Waals surface area contributed by atoms with Crippen molar-refractivity contribution in [1.29, 1.82) is 0 Å². The van der Waals surface area contributed by atoms with Crippen LogP contribution in [0.1, 0.15) is 25.7 Å². The summed E-state index contributed by atoms with van der Waals surface area (Å²) in [5, 5.41) is 0. The number of amides is 2. The molecule has 3 rings (SSSR count). The van der Waals surface area contributed by atoms with Crippen molar-refractivity contribution in [2.75, 3.05) is 53.5 Å². The van der Waals surface area contributed by atoms with Crippen LogP contribution >= 0.6 is 0 Å². The van der Waals surface area contributed by atoms with E-state index in [1.165, 1.54) is 4.31 Å². The summed E-state index contributed by atoms with van der Waals surface area (Å²) >= 11 is 0. The van der Waals surface area contributed by atoms with E-state index < -0.39 is 10.0 Å². The molecule has 31 heavy (non-hydrogen) atoms. The molecule has 2 aliphatic rings. The highest BCUT2D eigenvalue weighted by Gasteiger charge is 2.37. The van der Waals surface area contributed by atoms with E-state index in [0.717, 1.165) is 12.8 Å². The van der Waals surface area contributed by atoms with Crippen molar-refractivity contribution >= 4 is 21.8 Å². The summed E-state index contributed by atoms with van der Waals surface area (Å²) in [5.74, 6) is -0.587. The maximum absolute atomic E-state index is 13.2. The van der Waals surface area contributed by atoms with Gasteiger partial charge in [0.15, 0.2) is 0 Å². The maximum atomic E-state index is 13.2. The second-order valence-corrected chi connectivity index (χ2v) is 10.3. The summed E-state index contributed by atoms with van der Waals surface area (Å²) in [6, 6.07) is 8.35. The Balaban J connectivity index is 1.63. The predicted octanol–water partition coefficient (Wildman–Crippen LogP) is 1.43. The second kappa shape index (κ2) is 10.6. The third-order valence-corrected chi connectivity index (χ3v) is 8.08. The first-order chi connectivity index (χ1) is 14.8. The Bertz CT molecular complexity index is 861. The highest BCUT2D eigenvalue weighted by molar-refractivity contribution is 7.89. The molecule has 1 aromatic carbocycles. The summed E-state index contributed by atoms with van der Waals surface area (Å²) in [7, 11) is -0.252. The normalized spacial score (nSPS) is 22.8. The lowest BCUT2D eigenvalue weighted by atomic mass is 9.93. The van der Waals surface area contributed by atoms with Crippen LogP contribution in [0.25, 0.3) is 0 Å². The van der Waals surface area contributed by atoms with Gasteiger partial charge in [-0.15, -0.1) is 0 Å². The molecule has 8 nitrogen and oxygen atoms in total. The van der Waals surface area contributed by atoms with Gasteiger partial charge in [-0.1, -0.05) is 18.2 Å². The van der Waals surface area contributed by atoms with Crippen LogP contribution < -0.4 is 0 Å². The van der Waals surface area contributed by atoms with Crippen molar-refractivity contribution in [2.45, 2.75) is 30.6 Å². The first-order valence-electron chi connectivity index (χ1n) is 10.9. The molecular formula is C22H33N3O5S. The van der Waals surface area contributed by atoms with Gasteiger partial charge < -0.3 is 14.5 Å². The average Bonchev–Trinajstić information content (AvgIpc) is 2.82. The van der Waals surface area contributed by atoms with E-state index in [4.69, 9.17) is 4.74 Å². The van der Waals surface area contributed by atoms with E-state index in [2.05, 4.69) is 0 Å². The van der Waals surface area contributed by atoms with Crippen LogP contribution in [-0.2, 0) is 24.3 Å². The number of carbonyl (C=O) groups is 2. The Morgan fingerprint density at radius 1 is 1.06 bits per heavy atom. The van der Waals surface area contributed by atoms with Gasteiger partial charge in [0, 0.05) is 46.9 Å². The Kier molecular flexibility index (Phi) is 8.07. The third kappa shape index (κ3) is 5.64. The summed E-state index contributed by atoms with van der Waals surface area (Å²) in [6.07, 6.45) is 2.86. The van der Waals surface area contributed by atoms with Gasteiger partial charge in [-0.05, 0) is 37.8 Å². The molecule has 9 heteroatoms. The van der Waals surface area contributed by atoms with Crippen molar-refractivity contribution in [2.24, 2.45) is 11.8 Å². The molecule has 0 aliphatic carbocycles. The van der Waals surface area contributed by atoms with Crippen LogP contribution in [0, 0.1) is 11.8 Å². The highest BCUT2D eigenvalue weighted by atomic mass is 32.2. The second-order valence-electron chi connectivity index (χ2n) is 8.39. The largest absolute Gasteiger partial charge is 0.383 e. The summed E-state index contributed by atoms with van der Waals surface area (Å²) in [5.41, 5.74) is 0. The topological polar surface area (TPSA) is 87.2 Å². The molecule has 2 atom stereocenters. The van der Waals surface area contributed by atoms with Gasteiger partial charge in [0.2, 0.25) is 21.8 Å². The van der Waals surface area contributed by atoms with E-state index >= 15 is 0 Å². The van der Waals surface area contributed by atoms with Crippen LogP contribution in [0.3, 0.4) is 0 Å². The average molecular weight is 452 g/mol. The molecule has 0 saturated carbocycles. The van der Waals surface area contributed by atoms with Crippen LogP contribution in [0.5, 0.6) is 0 Å². The van der Waals surface area contributed by atoms with Gasteiger partial charge in [-0.2, -0.15) is 4.31 Å². The summed E-state index contributed by atoms with van der Waals surface area (Å²) < 4.78 is 32.4. The van der Waals surface area contributed by atoms with E-state index in [1.807, 2.05) is 0 Å². The Morgan fingerprint density at radius 3 is 2.45 bits per heavy atom. The van der Waals surface area contributed by atoms with Crippen LogP contribution in [0.2, 0.25) is 0 Å². The minimum absolute atomic E-state index is 0.0338. The molecule has 2 amide bonds. The van der Waals surface area contributed by atoms with Gasteiger partial charge in [0.1, 0.15) is 0 Å². The highest BCUT2D eigenvalue weighted by Crippen LogP contribution is 2.27. The number of benzene rings is 1. The molecule has 2 saturated heterocycles. The van der Waals surface area contributed by atoms with E-state index in [0.29, 0.717) is 45.6 Å². The number of carbonyl (C=O) groups excluding carboxylic acids is 2. The Labute approximate surface area is 185 Å². The van der Waals surface area contributed by atoms with Crippen molar-refractivity contribution in [3.8, 4) is 0 Å². The molecule has 2 fully saturated rings.